The molecule has 3 N–H and O–H groups in total. The molecule has 246 valence electrons. The second-order valence-corrected chi connectivity index (χ2v) is 12.0. The van der Waals surface area contributed by atoms with E-state index in [9.17, 15) is 14.7 Å². The fourth-order valence-electron chi connectivity index (χ4n) is 5.83. The molecule has 47 heavy (non-hydrogen) atoms. The number of aliphatic hydroxyl groups is 1. The van der Waals surface area contributed by atoms with Crippen molar-refractivity contribution in [2.24, 2.45) is 5.92 Å². The number of esters is 1. The van der Waals surface area contributed by atoms with Crippen molar-refractivity contribution in [2.45, 2.75) is 51.0 Å². The molecule has 4 aromatic carbocycles. The molecule has 0 spiro atoms. The largest absolute Gasteiger partial charge is 0.467 e. The summed E-state index contributed by atoms with van der Waals surface area (Å²) in [6.07, 6.45) is -0.699. The molecule has 0 aliphatic carbocycles. The number of aliphatic hydroxyl groups excluding tert-OH is 1. The maximum absolute atomic E-state index is 12.9. The van der Waals surface area contributed by atoms with Crippen LogP contribution in [0.2, 0.25) is 0 Å². The van der Waals surface area contributed by atoms with Gasteiger partial charge in [0.15, 0.2) is 6.29 Å². The van der Waals surface area contributed by atoms with E-state index in [-0.39, 0.29) is 24.7 Å². The minimum Gasteiger partial charge on any atom is -0.467 e. The van der Waals surface area contributed by atoms with Crippen molar-refractivity contribution in [1.29, 1.82) is 0 Å². The number of carbonyl (C=O) groups excluding carboxylic acids is 2. The predicted octanol–water partition coefficient (Wildman–Crippen LogP) is 6.01. The van der Waals surface area contributed by atoms with Crippen LogP contribution in [0.4, 0.5) is 10.5 Å². The van der Waals surface area contributed by atoms with Gasteiger partial charge in [-0.1, -0.05) is 104 Å². The van der Waals surface area contributed by atoms with Crippen molar-refractivity contribution in [2.75, 3.05) is 26.0 Å². The van der Waals surface area contributed by atoms with Crippen molar-refractivity contribution >= 4 is 17.7 Å². The third kappa shape index (κ3) is 9.27. The third-order valence-corrected chi connectivity index (χ3v) is 8.42. The van der Waals surface area contributed by atoms with Crippen LogP contribution >= 0.6 is 0 Å². The molecule has 1 aliphatic heterocycles. The van der Waals surface area contributed by atoms with Crippen molar-refractivity contribution in [3.63, 3.8) is 0 Å². The quantitative estimate of drug-likeness (QED) is 0.163. The van der Waals surface area contributed by atoms with Crippen LogP contribution in [0.15, 0.2) is 109 Å². The van der Waals surface area contributed by atoms with E-state index in [2.05, 4.69) is 41.6 Å². The van der Waals surface area contributed by atoms with Crippen LogP contribution in [0, 0.1) is 5.92 Å². The molecule has 0 aromatic heterocycles. The van der Waals surface area contributed by atoms with Crippen LogP contribution in [0.1, 0.15) is 47.1 Å². The standard InChI is InChI=1S/C38H43N3O6/c1-26-34(24-41(2)23-28-12-8-5-9-13-28)46-37(47-35(26)30-16-14-29(25-42)15-17-30)31-18-20-32(21-19-31)39-38(44)40-33(36(43)45-3)22-27-10-6-4-7-11-27/h4-21,26,33-35,37,42H,22-25H2,1-3H3,(H2,39,40,44)/t26-,33-,34+,35+,37+/m0/s1. The van der Waals surface area contributed by atoms with Gasteiger partial charge in [0.2, 0.25) is 0 Å². The first-order valence-corrected chi connectivity index (χ1v) is 15.8. The molecule has 0 radical (unpaired) electrons. The van der Waals surface area contributed by atoms with E-state index in [4.69, 9.17) is 14.2 Å². The monoisotopic (exact) mass is 637 g/mol. The molecule has 1 heterocycles. The molecule has 5 rings (SSSR count). The van der Waals surface area contributed by atoms with E-state index >= 15 is 0 Å². The Morgan fingerprint density at radius 3 is 2.06 bits per heavy atom. The molecule has 5 atom stereocenters. The van der Waals surface area contributed by atoms with E-state index < -0.39 is 24.3 Å². The number of rotatable bonds is 12. The maximum atomic E-state index is 12.9. The zero-order chi connectivity index (χ0) is 33.2. The van der Waals surface area contributed by atoms with Crippen molar-refractivity contribution in [1.82, 2.24) is 10.2 Å². The number of carbonyl (C=O) groups is 2. The summed E-state index contributed by atoms with van der Waals surface area (Å²) < 4.78 is 18.1. The van der Waals surface area contributed by atoms with Gasteiger partial charge in [0.05, 0.1) is 25.9 Å². The molecule has 9 nitrogen and oxygen atoms in total. The van der Waals surface area contributed by atoms with Crippen LogP contribution in [0.25, 0.3) is 0 Å². The van der Waals surface area contributed by atoms with Crippen LogP contribution in [0.5, 0.6) is 0 Å². The molecule has 0 saturated carbocycles. The van der Waals surface area contributed by atoms with Crippen molar-refractivity contribution < 1.29 is 28.9 Å². The fraction of sp³-hybridized carbons (Fsp3) is 0.316. The zero-order valence-electron chi connectivity index (χ0n) is 27.0. The Labute approximate surface area is 276 Å². The number of amides is 2. The summed E-state index contributed by atoms with van der Waals surface area (Å²) in [6.45, 7) is 3.62. The van der Waals surface area contributed by atoms with E-state index in [0.29, 0.717) is 18.7 Å². The van der Waals surface area contributed by atoms with Gasteiger partial charge in [-0.25, -0.2) is 9.59 Å². The van der Waals surface area contributed by atoms with Crippen LogP contribution in [0.3, 0.4) is 0 Å². The lowest BCUT2D eigenvalue weighted by atomic mass is 9.90. The first-order valence-electron chi connectivity index (χ1n) is 15.8. The summed E-state index contributed by atoms with van der Waals surface area (Å²) in [4.78, 5) is 27.5. The Balaban J connectivity index is 1.28. The molecule has 1 fully saturated rings. The Kier molecular flexibility index (Phi) is 11.8. The highest BCUT2D eigenvalue weighted by molar-refractivity contribution is 5.92. The summed E-state index contributed by atoms with van der Waals surface area (Å²) in [5, 5.41) is 15.1. The minimum atomic E-state index is -0.840. The number of benzene rings is 4. The van der Waals surface area contributed by atoms with E-state index in [1.165, 1.54) is 12.7 Å². The molecule has 1 saturated heterocycles. The topological polar surface area (TPSA) is 109 Å². The van der Waals surface area contributed by atoms with Gasteiger partial charge in [-0.2, -0.15) is 0 Å². The van der Waals surface area contributed by atoms with Gasteiger partial charge < -0.3 is 30.0 Å². The van der Waals surface area contributed by atoms with Gasteiger partial charge in [-0.15, -0.1) is 0 Å². The van der Waals surface area contributed by atoms with Gasteiger partial charge in [0, 0.05) is 36.7 Å². The maximum Gasteiger partial charge on any atom is 0.328 e. The highest BCUT2D eigenvalue weighted by Crippen LogP contribution is 2.42. The molecule has 4 aromatic rings. The number of ether oxygens (including phenoxy) is 3. The summed E-state index contributed by atoms with van der Waals surface area (Å²) >= 11 is 0. The molecule has 0 unspecified atom stereocenters. The second kappa shape index (κ2) is 16.3. The lowest BCUT2D eigenvalue weighted by molar-refractivity contribution is -0.276. The number of anilines is 1. The van der Waals surface area contributed by atoms with Gasteiger partial charge in [-0.3, -0.25) is 4.90 Å². The molecule has 1 aliphatic rings. The van der Waals surface area contributed by atoms with Gasteiger partial charge >= 0.3 is 12.0 Å². The van der Waals surface area contributed by atoms with E-state index in [1.807, 2.05) is 84.9 Å². The first kappa shape index (κ1) is 33.8. The number of nitrogens with one attached hydrogen (secondary N) is 2. The normalized spacial score (nSPS) is 19.9. The van der Waals surface area contributed by atoms with Crippen LogP contribution in [-0.4, -0.2) is 54.9 Å². The minimum absolute atomic E-state index is 0.0191. The Bertz CT molecular complexity index is 1570. The summed E-state index contributed by atoms with van der Waals surface area (Å²) in [7, 11) is 3.39. The van der Waals surface area contributed by atoms with Crippen LogP contribution in [-0.2, 0) is 38.6 Å². The smallest absolute Gasteiger partial charge is 0.328 e. The average Bonchev–Trinajstić information content (AvgIpc) is 3.10. The molecule has 2 amide bonds. The Morgan fingerprint density at radius 1 is 0.830 bits per heavy atom. The predicted molar refractivity (Wildman–Crippen MR) is 180 cm³/mol. The molecule has 0 bridgehead atoms. The van der Waals surface area contributed by atoms with E-state index in [0.717, 1.165) is 28.8 Å². The third-order valence-electron chi connectivity index (χ3n) is 8.42. The summed E-state index contributed by atoms with van der Waals surface area (Å²) in [5.41, 5.74) is 5.36. The number of likely N-dealkylation sites (N-methyl/N-ethyl adjacent to an activating group) is 1. The van der Waals surface area contributed by atoms with Gasteiger partial charge in [0.1, 0.15) is 6.04 Å². The summed E-state index contributed by atoms with van der Waals surface area (Å²) in [5.74, 6) is -0.475. The Hall–Kier alpha value is -4.54. The van der Waals surface area contributed by atoms with E-state index in [1.54, 1.807) is 12.1 Å². The van der Waals surface area contributed by atoms with Crippen molar-refractivity contribution in [3.05, 3.63) is 137 Å². The highest BCUT2D eigenvalue weighted by atomic mass is 16.7. The number of hydrogen-bond acceptors (Lipinski definition) is 7. The zero-order valence-corrected chi connectivity index (χ0v) is 27.0. The fourth-order valence-corrected chi connectivity index (χ4v) is 5.83. The number of nitrogens with zero attached hydrogens (tertiary/aromatic N) is 1. The average molecular weight is 638 g/mol. The second-order valence-electron chi connectivity index (χ2n) is 12.0. The van der Waals surface area contributed by atoms with Crippen molar-refractivity contribution in [3.8, 4) is 0 Å². The lowest BCUT2D eigenvalue weighted by Crippen LogP contribution is -2.45. The number of hydrogen-bond donors (Lipinski definition) is 3. The van der Waals surface area contributed by atoms with Gasteiger partial charge in [0.25, 0.3) is 0 Å². The summed E-state index contributed by atoms with van der Waals surface area (Å²) in [6, 6.07) is 33.6. The number of methoxy groups -OCH3 is 1. The number of urea groups is 1. The SMILES string of the molecule is COC(=O)[C@H](Cc1ccccc1)NC(=O)Nc1ccc([C@@H]2O[C@H](CN(C)Cc3ccccc3)[C@H](C)[C@H](c3ccc(CO)cc3)O2)cc1. The highest BCUT2D eigenvalue weighted by Gasteiger charge is 2.38. The molecular formula is C38H43N3O6. The Morgan fingerprint density at radius 2 is 1.45 bits per heavy atom. The molecular weight excluding hydrogens is 594 g/mol. The molecule has 9 heteroatoms. The van der Waals surface area contributed by atoms with Gasteiger partial charge in [-0.05, 0) is 41.4 Å². The van der Waals surface area contributed by atoms with Crippen LogP contribution < -0.4 is 10.6 Å². The lowest BCUT2D eigenvalue weighted by Gasteiger charge is -2.42. The first-order chi connectivity index (χ1) is 22.8.